The molecule has 0 atom stereocenters. The lowest BCUT2D eigenvalue weighted by Gasteiger charge is -2.08. The van der Waals surface area contributed by atoms with Gasteiger partial charge in [-0.15, -0.1) is 11.6 Å². The number of alkyl halides is 1. The van der Waals surface area contributed by atoms with Crippen LogP contribution in [0.1, 0.15) is 24.0 Å². The van der Waals surface area contributed by atoms with Crippen molar-refractivity contribution in [1.29, 1.82) is 0 Å². The first-order chi connectivity index (χ1) is 7.79. The molecular formula is C14H15ClO. The van der Waals surface area contributed by atoms with Gasteiger partial charge in [0.1, 0.15) is 5.75 Å². The van der Waals surface area contributed by atoms with Gasteiger partial charge in [0.15, 0.2) is 0 Å². The lowest BCUT2D eigenvalue weighted by molar-refractivity contribution is 0.299. The third-order valence-electron chi connectivity index (χ3n) is 2.60. The van der Waals surface area contributed by atoms with Crippen LogP contribution in [-0.2, 0) is 0 Å². The van der Waals surface area contributed by atoms with E-state index in [4.69, 9.17) is 16.3 Å². The normalized spacial score (nSPS) is 14.1. The number of benzene rings is 1. The van der Waals surface area contributed by atoms with Crippen LogP contribution in [0.4, 0.5) is 0 Å². The van der Waals surface area contributed by atoms with E-state index in [-0.39, 0.29) is 0 Å². The summed E-state index contributed by atoms with van der Waals surface area (Å²) in [7, 11) is 0. The van der Waals surface area contributed by atoms with E-state index in [9.17, 15) is 0 Å². The van der Waals surface area contributed by atoms with E-state index in [1.807, 2.05) is 18.2 Å². The average molecular weight is 235 g/mol. The zero-order valence-corrected chi connectivity index (χ0v) is 10.2. The number of halogens is 1. The maximum Gasteiger partial charge on any atom is 0.134 e. The Balaban J connectivity index is 2.13. The summed E-state index contributed by atoms with van der Waals surface area (Å²) in [6.07, 6.45) is 2.60. The number of hydrogen-bond donors (Lipinski definition) is 0. The van der Waals surface area contributed by atoms with Gasteiger partial charge in [0, 0.05) is 0 Å². The van der Waals surface area contributed by atoms with Gasteiger partial charge in [-0.1, -0.05) is 17.9 Å². The smallest absolute Gasteiger partial charge is 0.134 e. The van der Waals surface area contributed by atoms with Crippen LogP contribution >= 0.6 is 11.6 Å². The predicted molar refractivity (Wildman–Crippen MR) is 67.0 cm³/mol. The van der Waals surface area contributed by atoms with Crippen LogP contribution in [0.25, 0.3) is 0 Å². The van der Waals surface area contributed by atoms with Crippen molar-refractivity contribution in [2.75, 3.05) is 12.5 Å². The lowest BCUT2D eigenvalue weighted by Crippen LogP contribution is -2.00. The molecule has 1 aromatic rings. The zero-order valence-electron chi connectivity index (χ0n) is 9.42. The Kier molecular flexibility index (Phi) is 3.74. The van der Waals surface area contributed by atoms with Crippen LogP contribution in [-0.4, -0.2) is 12.5 Å². The van der Waals surface area contributed by atoms with Gasteiger partial charge in [-0.25, -0.2) is 0 Å². The SMILES string of the molecule is Cc1ccc(OCC2CC2)c(C#CCCl)c1. The molecule has 1 fully saturated rings. The van der Waals surface area contributed by atoms with Crippen molar-refractivity contribution in [2.45, 2.75) is 19.8 Å². The topological polar surface area (TPSA) is 9.23 Å². The largest absolute Gasteiger partial charge is 0.492 e. The molecule has 16 heavy (non-hydrogen) atoms. The second-order valence-corrected chi connectivity index (χ2v) is 4.46. The minimum Gasteiger partial charge on any atom is -0.492 e. The van der Waals surface area contributed by atoms with Crippen molar-refractivity contribution in [3.05, 3.63) is 29.3 Å². The number of hydrogen-bond acceptors (Lipinski definition) is 1. The molecule has 0 saturated heterocycles. The Hall–Kier alpha value is -1.13. The highest BCUT2D eigenvalue weighted by atomic mass is 35.5. The van der Waals surface area contributed by atoms with Crippen molar-refractivity contribution in [3.8, 4) is 17.6 Å². The molecule has 1 aliphatic rings. The molecule has 2 rings (SSSR count). The summed E-state index contributed by atoms with van der Waals surface area (Å²) in [5.41, 5.74) is 2.14. The van der Waals surface area contributed by atoms with Gasteiger partial charge in [0.05, 0.1) is 18.1 Å². The van der Waals surface area contributed by atoms with Crippen LogP contribution in [0.3, 0.4) is 0 Å². The molecule has 0 unspecified atom stereocenters. The Morgan fingerprint density at radius 3 is 2.94 bits per heavy atom. The van der Waals surface area contributed by atoms with Gasteiger partial charge in [-0.3, -0.25) is 0 Å². The van der Waals surface area contributed by atoms with E-state index in [0.717, 1.165) is 23.8 Å². The Morgan fingerprint density at radius 2 is 2.25 bits per heavy atom. The zero-order chi connectivity index (χ0) is 11.4. The van der Waals surface area contributed by atoms with Gasteiger partial charge in [-0.2, -0.15) is 0 Å². The second-order valence-electron chi connectivity index (χ2n) is 4.19. The van der Waals surface area contributed by atoms with E-state index in [2.05, 4.69) is 18.8 Å². The summed E-state index contributed by atoms with van der Waals surface area (Å²) in [5.74, 6) is 7.91. The van der Waals surface area contributed by atoms with Crippen molar-refractivity contribution < 1.29 is 4.74 Å². The fourth-order valence-electron chi connectivity index (χ4n) is 1.49. The van der Waals surface area contributed by atoms with E-state index < -0.39 is 0 Å². The highest BCUT2D eigenvalue weighted by molar-refractivity contribution is 6.19. The van der Waals surface area contributed by atoms with E-state index in [0.29, 0.717) is 5.88 Å². The van der Waals surface area contributed by atoms with Gasteiger partial charge in [0.2, 0.25) is 0 Å². The first-order valence-electron chi connectivity index (χ1n) is 5.58. The summed E-state index contributed by atoms with van der Waals surface area (Å²) in [6.45, 7) is 2.87. The fraction of sp³-hybridized carbons (Fsp3) is 0.429. The second kappa shape index (κ2) is 5.27. The van der Waals surface area contributed by atoms with Crippen LogP contribution in [0, 0.1) is 24.7 Å². The van der Waals surface area contributed by atoms with Crippen LogP contribution in [0.2, 0.25) is 0 Å². The minimum atomic E-state index is 0.357. The van der Waals surface area contributed by atoms with E-state index in [1.54, 1.807) is 0 Å². The Bertz CT molecular complexity index is 424. The molecule has 0 aliphatic heterocycles. The van der Waals surface area contributed by atoms with Crippen molar-refractivity contribution in [2.24, 2.45) is 5.92 Å². The maximum atomic E-state index is 5.77. The first kappa shape index (κ1) is 11.4. The maximum absolute atomic E-state index is 5.77. The predicted octanol–water partition coefficient (Wildman–Crippen LogP) is 3.37. The summed E-state index contributed by atoms with van der Waals surface area (Å²) in [6, 6.07) is 6.09. The number of ether oxygens (including phenoxy) is 1. The minimum absolute atomic E-state index is 0.357. The molecule has 0 aromatic heterocycles. The molecule has 0 bridgehead atoms. The first-order valence-corrected chi connectivity index (χ1v) is 6.11. The van der Waals surface area contributed by atoms with Crippen LogP contribution < -0.4 is 4.74 Å². The molecule has 1 aliphatic carbocycles. The van der Waals surface area contributed by atoms with Crippen LogP contribution in [0.5, 0.6) is 5.75 Å². The molecule has 2 heteroatoms. The van der Waals surface area contributed by atoms with Crippen molar-refractivity contribution in [1.82, 2.24) is 0 Å². The Labute approximate surface area is 102 Å². The number of aryl methyl sites for hydroxylation is 1. The summed E-state index contributed by atoms with van der Waals surface area (Å²) in [4.78, 5) is 0. The van der Waals surface area contributed by atoms with Gasteiger partial charge in [-0.05, 0) is 43.4 Å². The highest BCUT2D eigenvalue weighted by Crippen LogP contribution is 2.30. The summed E-state index contributed by atoms with van der Waals surface area (Å²) in [5, 5.41) is 0. The number of rotatable bonds is 3. The lowest BCUT2D eigenvalue weighted by atomic mass is 10.1. The van der Waals surface area contributed by atoms with E-state index >= 15 is 0 Å². The molecule has 0 heterocycles. The van der Waals surface area contributed by atoms with Crippen molar-refractivity contribution >= 4 is 11.6 Å². The highest BCUT2D eigenvalue weighted by Gasteiger charge is 2.22. The third-order valence-corrected chi connectivity index (χ3v) is 2.73. The fourth-order valence-corrected chi connectivity index (χ4v) is 1.55. The Morgan fingerprint density at radius 1 is 1.44 bits per heavy atom. The summed E-state index contributed by atoms with van der Waals surface area (Å²) >= 11 is 5.57. The molecular weight excluding hydrogens is 220 g/mol. The van der Waals surface area contributed by atoms with E-state index in [1.165, 1.54) is 18.4 Å². The van der Waals surface area contributed by atoms with Crippen LogP contribution in [0.15, 0.2) is 18.2 Å². The molecule has 0 spiro atoms. The van der Waals surface area contributed by atoms with Gasteiger partial charge in [0.25, 0.3) is 0 Å². The molecule has 1 nitrogen and oxygen atoms in total. The molecule has 84 valence electrons. The summed E-state index contributed by atoms with van der Waals surface area (Å²) < 4.78 is 5.77. The molecule has 1 aromatic carbocycles. The quantitative estimate of drug-likeness (QED) is 0.576. The standard InChI is InChI=1S/C14H15ClO/c1-11-4-7-14(16-10-12-5-6-12)13(9-11)3-2-8-15/h4,7,9,12H,5-6,8,10H2,1H3. The molecule has 0 N–H and O–H groups in total. The van der Waals surface area contributed by atoms with Gasteiger partial charge < -0.3 is 4.74 Å². The average Bonchev–Trinajstić information content (AvgIpc) is 3.09. The monoisotopic (exact) mass is 234 g/mol. The molecule has 1 saturated carbocycles. The van der Waals surface area contributed by atoms with Crippen molar-refractivity contribution in [3.63, 3.8) is 0 Å². The molecule has 0 radical (unpaired) electrons. The van der Waals surface area contributed by atoms with Gasteiger partial charge >= 0.3 is 0 Å². The molecule has 0 amide bonds. The third kappa shape index (κ3) is 3.18.